The molecule has 1 atom stereocenters. The minimum atomic E-state index is -0.842. The molecule has 4 rings (SSSR count). The molecule has 0 bridgehead atoms. The number of anilines is 1. The summed E-state index contributed by atoms with van der Waals surface area (Å²) in [6.45, 7) is 6.93. The fraction of sp³-hybridized carbons (Fsp3) is 0.476. The van der Waals surface area contributed by atoms with Crippen molar-refractivity contribution in [3.05, 3.63) is 40.5 Å². The maximum atomic E-state index is 14.9. The molecule has 8 heteroatoms. The van der Waals surface area contributed by atoms with E-state index in [9.17, 15) is 14.0 Å². The lowest BCUT2D eigenvalue weighted by atomic mass is 9.75. The highest BCUT2D eigenvalue weighted by Crippen LogP contribution is 2.37. The second-order valence-electron chi connectivity index (χ2n) is 8.68. The van der Waals surface area contributed by atoms with Gasteiger partial charge >= 0.3 is 0 Å². The van der Waals surface area contributed by atoms with Gasteiger partial charge in [-0.15, -0.1) is 0 Å². The number of benzene rings is 1. The standard InChI is InChI=1S/C21H25FN4O3/c1-11-18-16(8-21(2,3)9-17(18)27)26(25-11)13-6-14(22)19(20(23)28)15(7-13)24-12-4-5-29-10-12/h6-7,12,24H,4-5,8-10H2,1-3H3,(H2,23,28)/t12-/m1/s1. The molecule has 0 saturated carbocycles. The van der Waals surface area contributed by atoms with Gasteiger partial charge in [-0.25, -0.2) is 9.07 Å². The van der Waals surface area contributed by atoms with Crippen molar-refractivity contribution in [1.82, 2.24) is 9.78 Å². The second kappa shape index (κ2) is 6.95. The van der Waals surface area contributed by atoms with Crippen LogP contribution in [0.1, 0.15) is 58.8 Å². The maximum absolute atomic E-state index is 14.9. The quantitative estimate of drug-likeness (QED) is 0.822. The third-order valence-electron chi connectivity index (χ3n) is 5.58. The van der Waals surface area contributed by atoms with Crippen LogP contribution in [0.4, 0.5) is 10.1 Å². The van der Waals surface area contributed by atoms with Crippen molar-refractivity contribution < 1.29 is 18.7 Å². The van der Waals surface area contributed by atoms with Crippen LogP contribution in [0, 0.1) is 18.2 Å². The molecule has 1 fully saturated rings. The van der Waals surface area contributed by atoms with Crippen molar-refractivity contribution in [2.24, 2.45) is 11.1 Å². The molecule has 1 aliphatic heterocycles. The van der Waals surface area contributed by atoms with Gasteiger partial charge in [0.05, 0.1) is 46.5 Å². The number of primary amides is 1. The number of rotatable bonds is 4. The number of nitrogens with two attached hydrogens (primary N) is 1. The molecule has 2 heterocycles. The number of hydrogen-bond acceptors (Lipinski definition) is 5. The average molecular weight is 400 g/mol. The Balaban J connectivity index is 1.84. The average Bonchev–Trinajstić information content (AvgIpc) is 3.20. The van der Waals surface area contributed by atoms with Crippen LogP contribution in [0.25, 0.3) is 5.69 Å². The van der Waals surface area contributed by atoms with Gasteiger partial charge in [0.15, 0.2) is 5.78 Å². The van der Waals surface area contributed by atoms with E-state index in [4.69, 9.17) is 10.5 Å². The van der Waals surface area contributed by atoms with E-state index in [1.165, 1.54) is 6.07 Å². The zero-order valence-electron chi connectivity index (χ0n) is 16.8. The largest absolute Gasteiger partial charge is 0.379 e. The highest BCUT2D eigenvalue weighted by Gasteiger charge is 2.36. The Bertz CT molecular complexity index is 1010. The van der Waals surface area contributed by atoms with Gasteiger partial charge in [-0.2, -0.15) is 5.10 Å². The zero-order chi connectivity index (χ0) is 20.9. The first-order valence-electron chi connectivity index (χ1n) is 9.76. The van der Waals surface area contributed by atoms with Gasteiger partial charge in [-0.05, 0) is 31.2 Å². The predicted octanol–water partition coefficient (Wildman–Crippen LogP) is 2.77. The molecular formula is C21H25FN4O3. The normalized spacial score (nSPS) is 20.6. The van der Waals surface area contributed by atoms with Crippen LogP contribution in [0.3, 0.4) is 0 Å². The fourth-order valence-electron chi connectivity index (χ4n) is 4.30. The first-order valence-corrected chi connectivity index (χ1v) is 9.76. The molecule has 7 nitrogen and oxygen atoms in total. The van der Waals surface area contributed by atoms with Crippen LogP contribution in [0.2, 0.25) is 0 Å². The van der Waals surface area contributed by atoms with Gasteiger partial charge in [0.1, 0.15) is 5.82 Å². The summed E-state index contributed by atoms with van der Waals surface area (Å²) in [6, 6.07) is 2.88. The zero-order valence-corrected chi connectivity index (χ0v) is 16.8. The molecular weight excluding hydrogens is 375 g/mol. The van der Waals surface area contributed by atoms with Crippen LogP contribution in [0.5, 0.6) is 0 Å². The summed E-state index contributed by atoms with van der Waals surface area (Å²) < 4.78 is 21.9. The van der Waals surface area contributed by atoms with Crippen molar-refractivity contribution in [3.63, 3.8) is 0 Å². The number of aryl methyl sites for hydroxylation is 1. The Kier molecular flexibility index (Phi) is 4.69. The molecule has 1 aromatic carbocycles. The summed E-state index contributed by atoms with van der Waals surface area (Å²) in [6.07, 6.45) is 1.85. The van der Waals surface area contributed by atoms with Crippen LogP contribution in [-0.2, 0) is 11.2 Å². The number of Topliss-reactive ketones (excluding diaryl/α,β-unsaturated/α-hetero) is 1. The minimum Gasteiger partial charge on any atom is -0.379 e. The molecule has 0 unspecified atom stereocenters. The Labute approximate surface area is 168 Å². The number of hydrogen-bond donors (Lipinski definition) is 2. The van der Waals surface area contributed by atoms with Crippen LogP contribution in [-0.4, -0.2) is 40.7 Å². The molecule has 1 aromatic heterocycles. The number of ketones is 1. The lowest BCUT2D eigenvalue weighted by Crippen LogP contribution is -2.28. The molecule has 1 aliphatic carbocycles. The highest BCUT2D eigenvalue weighted by atomic mass is 19.1. The third-order valence-corrected chi connectivity index (χ3v) is 5.58. The Morgan fingerprint density at radius 3 is 2.79 bits per heavy atom. The topological polar surface area (TPSA) is 99.2 Å². The summed E-state index contributed by atoms with van der Waals surface area (Å²) in [5.74, 6) is -1.51. The molecule has 0 radical (unpaired) electrons. The third kappa shape index (κ3) is 3.53. The number of nitrogens with zero attached hydrogens (tertiary/aromatic N) is 2. The molecule has 2 aromatic rings. The summed E-state index contributed by atoms with van der Waals surface area (Å²) in [5.41, 5.74) is 7.80. The highest BCUT2D eigenvalue weighted by molar-refractivity contribution is 6.00. The maximum Gasteiger partial charge on any atom is 0.253 e. The number of fused-ring (bicyclic) bond motifs is 1. The van der Waals surface area contributed by atoms with Gasteiger partial charge in [0.25, 0.3) is 5.91 Å². The van der Waals surface area contributed by atoms with E-state index >= 15 is 0 Å². The smallest absolute Gasteiger partial charge is 0.253 e. The minimum absolute atomic E-state index is 0.0310. The summed E-state index contributed by atoms with van der Waals surface area (Å²) >= 11 is 0. The molecule has 3 N–H and O–H groups in total. The monoisotopic (exact) mass is 400 g/mol. The number of aromatic nitrogens is 2. The van der Waals surface area contributed by atoms with Gasteiger partial charge in [0.2, 0.25) is 0 Å². The van der Waals surface area contributed by atoms with Gasteiger partial charge in [-0.1, -0.05) is 13.8 Å². The van der Waals surface area contributed by atoms with Crippen molar-refractivity contribution in [2.45, 2.75) is 46.1 Å². The molecule has 2 aliphatic rings. The Hall–Kier alpha value is -2.74. The number of carbonyl (C=O) groups excluding carboxylic acids is 2. The second-order valence-corrected chi connectivity index (χ2v) is 8.68. The van der Waals surface area contributed by atoms with Crippen molar-refractivity contribution >= 4 is 17.4 Å². The van der Waals surface area contributed by atoms with E-state index in [0.717, 1.165) is 12.1 Å². The molecule has 1 saturated heterocycles. The van der Waals surface area contributed by atoms with Gasteiger partial charge in [0, 0.05) is 19.1 Å². The summed E-state index contributed by atoms with van der Waals surface area (Å²) in [5, 5.41) is 7.71. The molecule has 1 amide bonds. The van der Waals surface area contributed by atoms with Crippen molar-refractivity contribution in [1.29, 1.82) is 0 Å². The Morgan fingerprint density at radius 2 is 2.14 bits per heavy atom. The van der Waals surface area contributed by atoms with Crippen molar-refractivity contribution in [3.8, 4) is 5.69 Å². The van der Waals surface area contributed by atoms with Crippen molar-refractivity contribution in [2.75, 3.05) is 18.5 Å². The molecule has 29 heavy (non-hydrogen) atoms. The first-order chi connectivity index (χ1) is 13.7. The van der Waals surface area contributed by atoms with Crippen LogP contribution >= 0.6 is 0 Å². The van der Waals surface area contributed by atoms with E-state index < -0.39 is 11.7 Å². The van der Waals surface area contributed by atoms with E-state index in [-0.39, 0.29) is 22.8 Å². The lowest BCUT2D eigenvalue weighted by molar-refractivity contribution is 0.0909. The summed E-state index contributed by atoms with van der Waals surface area (Å²) in [4.78, 5) is 24.5. The van der Waals surface area contributed by atoms with Crippen LogP contribution < -0.4 is 11.1 Å². The summed E-state index contributed by atoms with van der Waals surface area (Å²) in [7, 11) is 0. The first kappa shape index (κ1) is 19.6. The van der Waals surface area contributed by atoms with Gasteiger partial charge < -0.3 is 15.8 Å². The predicted molar refractivity (Wildman–Crippen MR) is 106 cm³/mol. The molecule has 154 valence electrons. The van der Waals surface area contributed by atoms with E-state index in [0.29, 0.717) is 48.7 Å². The number of nitrogens with one attached hydrogen (secondary N) is 1. The number of halogens is 1. The van der Waals surface area contributed by atoms with E-state index in [2.05, 4.69) is 10.4 Å². The van der Waals surface area contributed by atoms with E-state index in [1.54, 1.807) is 17.7 Å². The number of ether oxygens (including phenoxy) is 1. The Morgan fingerprint density at radius 1 is 1.38 bits per heavy atom. The van der Waals surface area contributed by atoms with Crippen LogP contribution in [0.15, 0.2) is 12.1 Å². The van der Waals surface area contributed by atoms with E-state index in [1.807, 2.05) is 13.8 Å². The lowest BCUT2D eigenvalue weighted by Gasteiger charge is -2.29. The van der Waals surface area contributed by atoms with Gasteiger partial charge in [-0.3, -0.25) is 9.59 Å². The number of amides is 1. The molecule has 0 spiro atoms. The fourth-order valence-corrected chi connectivity index (χ4v) is 4.30. The number of carbonyl (C=O) groups is 2. The SMILES string of the molecule is Cc1nn(-c2cc(F)c(C(N)=O)c(N[C@@H]3CCOC3)c2)c2c1C(=O)CC(C)(C)C2.